The second kappa shape index (κ2) is 7.29. The van der Waals surface area contributed by atoms with E-state index in [0.717, 1.165) is 11.1 Å². The summed E-state index contributed by atoms with van der Waals surface area (Å²) in [7, 11) is -2.91. The highest BCUT2D eigenvalue weighted by Crippen LogP contribution is 2.24. The van der Waals surface area contributed by atoms with Crippen molar-refractivity contribution in [2.24, 2.45) is 5.92 Å². The van der Waals surface area contributed by atoms with Crippen LogP contribution in [0.2, 0.25) is 0 Å². The van der Waals surface area contributed by atoms with Gasteiger partial charge in [-0.1, -0.05) is 35.5 Å². The Morgan fingerprint density at radius 1 is 1.32 bits per heavy atom. The van der Waals surface area contributed by atoms with Crippen molar-refractivity contribution < 1.29 is 17.6 Å². The van der Waals surface area contributed by atoms with Crippen molar-refractivity contribution >= 4 is 27.4 Å². The molecule has 1 aromatic heterocycles. The molecule has 0 aliphatic carbocycles. The Hall–Kier alpha value is -1.67. The Balaban J connectivity index is 1.56. The smallest absolute Gasteiger partial charge is 0.277 e. The number of thioether (sulfide) groups is 1. The van der Waals surface area contributed by atoms with Gasteiger partial charge in [-0.15, -0.1) is 10.2 Å². The summed E-state index contributed by atoms with van der Waals surface area (Å²) in [5.41, 5.74) is 2.78. The lowest BCUT2D eigenvalue weighted by Crippen LogP contribution is -2.07. The third-order valence-electron chi connectivity index (χ3n) is 4.25. The van der Waals surface area contributed by atoms with E-state index in [0.29, 0.717) is 29.5 Å². The van der Waals surface area contributed by atoms with Crippen LogP contribution in [-0.2, 0) is 16.3 Å². The molecular formula is C17H20N2O4S2. The zero-order valence-corrected chi connectivity index (χ0v) is 15.8. The number of hydrogen-bond donors (Lipinski definition) is 0. The number of benzene rings is 1. The molecule has 0 unspecified atom stereocenters. The lowest BCUT2D eigenvalue weighted by Gasteiger charge is -2.04. The lowest BCUT2D eigenvalue weighted by atomic mass is 10.0. The number of carbonyl (C=O) groups excluding carboxylic acids is 1. The van der Waals surface area contributed by atoms with Crippen LogP contribution in [0.4, 0.5) is 0 Å². The fourth-order valence-electron chi connectivity index (χ4n) is 2.99. The van der Waals surface area contributed by atoms with Crippen LogP contribution in [0.25, 0.3) is 0 Å². The minimum atomic E-state index is -2.91. The fourth-order valence-corrected chi connectivity index (χ4v) is 5.52. The van der Waals surface area contributed by atoms with Crippen molar-refractivity contribution in [2.45, 2.75) is 31.9 Å². The Labute approximate surface area is 151 Å². The number of Topliss-reactive ketones (excluding diaryl/α,β-unsaturated/α-hetero) is 1. The molecule has 1 fully saturated rings. The standard InChI is InChI=1S/C17H20N2O4S2/c1-11-3-4-14(12(2)7-11)15(20)9-24-17-19-18-16(23-17)8-13-5-6-25(21,22)10-13/h3-4,7,13H,5-6,8-10H2,1-2H3/t13-/m1/s1. The van der Waals surface area contributed by atoms with Crippen LogP contribution < -0.4 is 0 Å². The summed E-state index contributed by atoms with van der Waals surface area (Å²) >= 11 is 1.21. The van der Waals surface area contributed by atoms with Crippen molar-refractivity contribution in [2.75, 3.05) is 17.3 Å². The number of rotatable bonds is 6. The van der Waals surface area contributed by atoms with Crippen molar-refractivity contribution in [1.29, 1.82) is 0 Å². The maximum atomic E-state index is 12.3. The van der Waals surface area contributed by atoms with Crippen LogP contribution in [0.15, 0.2) is 27.8 Å². The molecule has 6 nitrogen and oxygen atoms in total. The van der Waals surface area contributed by atoms with E-state index in [-0.39, 0.29) is 29.0 Å². The zero-order valence-electron chi connectivity index (χ0n) is 14.2. The molecular weight excluding hydrogens is 360 g/mol. The molecule has 2 aromatic rings. The fraction of sp³-hybridized carbons (Fsp3) is 0.471. The van der Waals surface area contributed by atoms with E-state index in [1.54, 1.807) is 0 Å². The van der Waals surface area contributed by atoms with Gasteiger partial charge in [0.2, 0.25) is 5.89 Å². The number of sulfone groups is 1. The first-order valence-corrected chi connectivity index (χ1v) is 10.9. The number of aromatic nitrogens is 2. The number of ketones is 1. The van der Waals surface area contributed by atoms with Gasteiger partial charge in [0.1, 0.15) is 0 Å². The number of carbonyl (C=O) groups is 1. The normalized spacial score (nSPS) is 19.2. The minimum Gasteiger partial charge on any atom is -0.416 e. The molecule has 1 aromatic carbocycles. The second-order valence-electron chi connectivity index (χ2n) is 6.47. The highest BCUT2D eigenvalue weighted by molar-refractivity contribution is 7.99. The Bertz CT molecular complexity index is 890. The molecule has 0 spiro atoms. The summed E-state index contributed by atoms with van der Waals surface area (Å²) in [4.78, 5) is 12.3. The van der Waals surface area contributed by atoms with Gasteiger partial charge in [-0.25, -0.2) is 8.42 Å². The van der Waals surface area contributed by atoms with Crippen LogP contribution in [0.1, 0.15) is 33.8 Å². The summed E-state index contributed by atoms with van der Waals surface area (Å²) < 4.78 is 28.5. The SMILES string of the molecule is Cc1ccc(C(=O)CSc2nnc(C[C@H]3CCS(=O)(=O)C3)o2)c(C)c1. The van der Waals surface area contributed by atoms with Crippen molar-refractivity contribution in [1.82, 2.24) is 10.2 Å². The maximum Gasteiger partial charge on any atom is 0.277 e. The van der Waals surface area contributed by atoms with E-state index in [4.69, 9.17) is 4.42 Å². The average Bonchev–Trinajstić information content (AvgIpc) is 3.11. The molecule has 1 atom stereocenters. The first-order chi connectivity index (χ1) is 11.8. The van der Waals surface area contributed by atoms with E-state index in [9.17, 15) is 13.2 Å². The molecule has 0 bridgehead atoms. The van der Waals surface area contributed by atoms with E-state index >= 15 is 0 Å². The summed E-state index contributed by atoms with van der Waals surface area (Å²) in [6.07, 6.45) is 1.11. The predicted octanol–water partition coefficient (Wildman–Crippen LogP) is 2.64. The van der Waals surface area contributed by atoms with Crippen molar-refractivity contribution in [3.63, 3.8) is 0 Å². The molecule has 1 aliphatic rings. The molecule has 0 saturated carbocycles. The highest BCUT2D eigenvalue weighted by atomic mass is 32.2. The van der Waals surface area contributed by atoms with Crippen LogP contribution in [-0.4, -0.2) is 41.7 Å². The molecule has 1 aliphatic heterocycles. The lowest BCUT2D eigenvalue weighted by molar-refractivity contribution is 0.102. The first kappa shape index (κ1) is 18.1. The summed E-state index contributed by atoms with van der Waals surface area (Å²) in [5.74, 6) is 1.14. The molecule has 0 N–H and O–H groups in total. The van der Waals surface area contributed by atoms with Gasteiger partial charge in [0.25, 0.3) is 5.22 Å². The van der Waals surface area contributed by atoms with Crippen LogP contribution in [0.3, 0.4) is 0 Å². The Morgan fingerprint density at radius 2 is 2.12 bits per heavy atom. The van der Waals surface area contributed by atoms with Gasteiger partial charge in [-0.05, 0) is 31.7 Å². The molecule has 0 radical (unpaired) electrons. The largest absolute Gasteiger partial charge is 0.416 e. The summed E-state index contributed by atoms with van der Waals surface area (Å²) in [5, 5.41) is 8.25. The number of aryl methyl sites for hydroxylation is 2. The topological polar surface area (TPSA) is 90.1 Å². The van der Waals surface area contributed by atoms with Crippen LogP contribution in [0, 0.1) is 19.8 Å². The van der Waals surface area contributed by atoms with Gasteiger partial charge in [0, 0.05) is 12.0 Å². The quantitative estimate of drug-likeness (QED) is 0.562. The number of nitrogens with zero attached hydrogens (tertiary/aromatic N) is 2. The first-order valence-electron chi connectivity index (χ1n) is 8.08. The molecule has 8 heteroatoms. The Morgan fingerprint density at radius 3 is 2.80 bits per heavy atom. The van der Waals surface area contributed by atoms with E-state index in [2.05, 4.69) is 10.2 Å². The van der Waals surface area contributed by atoms with E-state index < -0.39 is 9.84 Å². The van der Waals surface area contributed by atoms with Crippen molar-refractivity contribution in [3.05, 3.63) is 40.8 Å². The van der Waals surface area contributed by atoms with Crippen LogP contribution >= 0.6 is 11.8 Å². The third-order valence-corrected chi connectivity index (χ3v) is 6.90. The molecule has 1 saturated heterocycles. The van der Waals surface area contributed by atoms with E-state index in [1.807, 2.05) is 32.0 Å². The monoisotopic (exact) mass is 380 g/mol. The van der Waals surface area contributed by atoms with Crippen LogP contribution in [0.5, 0.6) is 0 Å². The third kappa shape index (κ3) is 4.70. The second-order valence-corrected chi connectivity index (χ2v) is 9.62. The molecule has 25 heavy (non-hydrogen) atoms. The maximum absolute atomic E-state index is 12.3. The highest BCUT2D eigenvalue weighted by Gasteiger charge is 2.29. The summed E-state index contributed by atoms with van der Waals surface area (Å²) in [6, 6.07) is 5.75. The van der Waals surface area contributed by atoms with Gasteiger partial charge in [0.05, 0.1) is 17.3 Å². The summed E-state index contributed by atoms with van der Waals surface area (Å²) in [6.45, 7) is 3.91. The molecule has 2 heterocycles. The molecule has 3 rings (SSSR count). The Kier molecular flexibility index (Phi) is 5.29. The van der Waals surface area contributed by atoms with Gasteiger partial charge < -0.3 is 4.42 Å². The minimum absolute atomic E-state index is 0.0177. The van der Waals surface area contributed by atoms with Gasteiger partial charge in [-0.3, -0.25) is 4.79 Å². The number of hydrogen-bond acceptors (Lipinski definition) is 7. The van der Waals surface area contributed by atoms with Gasteiger partial charge in [0.15, 0.2) is 15.6 Å². The predicted molar refractivity (Wildman–Crippen MR) is 95.7 cm³/mol. The molecule has 0 amide bonds. The zero-order chi connectivity index (χ0) is 18.0. The van der Waals surface area contributed by atoms with Gasteiger partial charge >= 0.3 is 0 Å². The molecule has 134 valence electrons. The average molecular weight is 380 g/mol. The van der Waals surface area contributed by atoms with E-state index in [1.165, 1.54) is 11.8 Å². The van der Waals surface area contributed by atoms with Gasteiger partial charge in [-0.2, -0.15) is 0 Å². The van der Waals surface area contributed by atoms with Crippen molar-refractivity contribution in [3.8, 4) is 0 Å².